The molecule has 2 heterocycles. The number of aryl methyl sites for hydroxylation is 1. The van der Waals surface area contributed by atoms with Crippen LogP contribution in [0, 0.1) is 11.7 Å². The number of rotatable bonds is 8. The van der Waals surface area contributed by atoms with Crippen molar-refractivity contribution in [2.24, 2.45) is 5.92 Å². The van der Waals surface area contributed by atoms with Crippen LogP contribution in [-0.2, 0) is 6.42 Å². The normalized spacial score (nSPS) is 19.4. The number of halogens is 1. The smallest absolute Gasteiger partial charge is 0.231 e. The van der Waals surface area contributed by atoms with Crippen LogP contribution in [0.25, 0.3) is 0 Å². The number of aromatic amines is 1. The van der Waals surface area contributed by atoms with E-state index < -0.39 is 5.82 Å². The zero-order chi connectivity index (χ0) is 22.6. The van der Waals surface area contributed by atoms with Crippen molar-refractivity contribution in [1.82, 2.24) is 9.97 Å². The summed E-state index contributed by atoms with van der Waals surface area (Å²) in [6.07, 6.45) is 8.34. The lowest BCUT2D eigenvalue weighted by molar-refractivity contribution is 0.0978. The number of carbonyl (C=O) groups is 1. The second-order valence-corrected chi connectivity index (χ2v) is 8.68. The molecule has 2 atom stereocenters. The Morgan fingerprint density at radius 1 is 1.12 bits per heavy atom. The van der Waals surface area contributed by atoms with Gasteiger partial charge in [-0.3, -0.25) is 4.79 Å². The van der Waals surface area contributed by atoms with Gasteiger partial charge < -0.3 is 19.2 Å². The summed E-state index contributed by atoms with van der Waals surface area (Å²) >= 11 is 0. The number of ether oxygens (including phenoxy) is 3. The minimum absolute atomic E-state index is 0.167. The zero-order valence-electron chi connectivity index (χ0n) is 18.4. The molecule has 1 aliphatic carbocycles. The molecule has 0 saturated heterocycles. The van der Waals surface area contributed by atoms with Crippen molar-refractivity contribution in [1.29, 1.82) is 0 Å². The fourth-order valence-corrected chi connectivity index (χ4v) is 4.80. The van der Waals surface area contributed by atoms with Crippen LogP contribution < -0.4 is 14.2 Å². The second kappa shape index (κ2) is 9.65. The van der Waals surface area contributed by atoms with Gasteiger partial charge in [0.15, 0.2) is 17.3 Å². The number of benzene rings is 2. The van der Waals surface area contributed by atoms with Gasteiger partial charge in [-0.25, -0.2) is 9.37 Å². The van der Waals surface area contributed by atoms with E-state index in [4.69, 9.17) is 14.2 Å². The maximum absolute atomic E-state index is 14.5. The monoisotopic (exact) mass is 450 g/mol. The highest BCUT2D eigenvalue weighted by Gasteiger charge is 2.28. The molecule has 6 nitrogen and oxygen atoms in total. The first kappa shape index (κ1) is 21.5. The summed E-state index contributed by atoms with van der Waals surface area (Å²) < 4.78 is 31.5. The topological polar surface area (TPSA) is 73.4 Å². The Bertz CT molecular complexity index is 1120. The maximum atomic E-state index is 14.5. The number of carbonyl (C=O) groups excluding carboxylic acids is 1. The summed E-state index contributed by atoms with van der Waals surface area (Å²) in [4.78, 5) is 19.9. The minimum Gasteiger partial charge on any atom is -0.493 e. The van der Waals surface area contributed by atoms with Crippen LogP contribution in [0.3, 0.4) is 0 Å². The number of imidazole rings is 1. The van der Waals surface area contributed by atoms with Crippen molar-refractivity contribution in [3.63, 3.8) is 0 Å². The van der Waals surface area contributed by atoms with E-state index in [0.717, 1.165) is 48.6 Å². The van der Waals surface area contributed by atoms with E-state index >= 15 is 0 Å². The van der Waals surface area contributed by atoms with E-state index in [-0.39, 0.29) is 30.5 Å². The predicted molar refractivity (Wildman–Crippen MR) is 120 cm³/mol. The number of aromatic nitrogens is 2. The van der Waals surface area contributed by atoms with E-state index in [0.29, 0.717) is 24.7 Å². The van der Waals surface area contributed by atoms with E-state index in [9.17, 15) is 9.18 Å². The van der Waals surface area contributed by atoms with Gasteiger partial charge in [-0.15, -0.1) is 0 Å². The number of nitrogens with one attached hydrogen (secondary N) is 1. The molecule has 0 unspecified atom stereocenters. The molecule has 1 aliphatic heterocycles. The van der Waals surface area contributed by atoms with E-state index in [1.54, 1.807) is 18.5 Å². The molecule has 7 heteroatoms. The molecule has 2 aromatic carbocycles. The number of hydrogen-bond acceptors (Lipinski definition) is 5. The predicted octanol–water partition coefficient (Wildman–Crippen LogP) is 5.45. The lowest BCUT2D eigenvalue weighted by Crippen LogP contribution is -2.24. The van der Waals surface area contributed by atoms with Crippen LogP contribution in [0.5, 0.6) is 17.2 Å². The standard InChI is InChI=1S/C26H27FN2O4/c27-22-7-5-17(13-21(22)23(30)8-10-26-28-11-12-29-26)20-4-2-1-3-18(20)15-31-19-6-9-24-25(14-19)33-16-32-24/h5-7,9,11-14,18,20H,1-4,8,10,15-16H2,(H,28,29)/t18-,20-/m0/s1. The Morgan fingerprint density at radius 3 is 2.88 bits per heavy atom. The summed E-state index contributed by atoms with van der Waals surface area (Å²) in [6, 6.07) is 10.6. The highest BCUT2D eigenvalue weighted by atomic mass is 19.1. The quantitative estimate of drug-likeness (QED) is 0.462. The van der Waals surface area contributed by atoms with Crippen LogP contribution in [0.2, 0.25) is 0 Å². The van der Waals surface area contributed by atoms with Gasteiger partial charge in [0, 0.05) is 31.3 Å². The molecule has 1 saturated carbocycles. The molecular formula is C26H27FN2O4. The number of ketones is 1. The Hall–Kier alpha value is -3.35. The van der Waals surface area contributed by atoms with E-state index in [2.05, 4.69) is 9.97 Å². The number of Topliss-reactive ketones (excluding diaryl/α,β-unsaturated/α-hetero) is 1. The Morgan fingerprint density at radius 2 is 2.00 bits per heavy atom. The van der Waals surface area contributed by atoms with Crippen LogP contribution in [0.1, 0.15) is 59.8 Å². The largest absolute Gasteiger partial charge is 0.493 e. The second-order valence-electron chi connectivity index (χ2n) is 8.68. The van der Waals surface area contributed by atoms with Gasteiger partial charge in [-0.05, 0) is 54.5 Å². The van der Waals surface area contributed by atoms with Crippen molar-refractivity contribution in [2.45, 2.75) is 44.4 Å². The van der Waals surface area contributed by atoms with Crippen molar-refractivity contribution in [3.05, 3.63) is 71.6 Å². The number of fused-ring (bicyclic) bond motifs is 1. The third kappa shape index (κ3) is 4.87. The van der Waals surface area contributed by atoms with Gasteiger partial charge in [0.05, 0.1) is 12.2 Å². The van der Waals surface area contributed by atoms with E-state index in [1.165, 1.54) is 6.07 Å². The molecule has 0 radical (unpaired) electrons. The van der Waals surface area contributed by atoms with E-state index in [1.807, 2.05) is 24.3 Å². The van der Waals surface area contributed by atoms with Gasteiger partial charge >= 0.3 is 0 Å². The first-order valence-corrected chi connectivity index (χ1v) is 11.5. The number of nitrogens with zero attached hydrogens (tertiary/aromatic N) is 1. The summed E-state index contributed by atoms with van der Waals surface area (Å²) in [5.74, 6) is 2.76. The molecule has 1 aromatic heterocycles. The van der Waals surface area contributed by atoms with Gasteiger partial charge in [0.25, 0.3) is 0 Å². The van der Waals surface area contributed by atoms with Gasteiger partial charge in [0.2, 0.25) is 6.79 Å². The summed E-state index contributed by atoms with van der Waals surface area (Å²) in [7, 11) is 0. The molecule has 1 fully saturated rings. The molecule has 172 valence electrons. The summed E-state index contributed by atoms with van der Waals surface area (Å²) in [6.45, 7) is 0.792. The summed E-state index contributed by atoms with van der Waals surface area (Å²) in [5.41, 5.74) is 1.18. The Labute approximate surface area is 192 Å². The fraction of sp³-hybridized carbons (Fsp3) is 0.385. The lowest BCUT2D eigenvalue weighted by Gasteiger charge is -2.32. The highest BCUT2D eigenvalue weighted by molar-refractivity contribution is 5.96. The van der Waals surface area contributed by atoms with Crippen molar-refractivity contribution in [3.8, 4) is 17.2 Å². The molecule has 33 heavy (non-hydrogen) atoms. The molecule has 0 bridgehead atoms. The van der Waals surface area contributed by atoms with Gasteiger partial charge in [0.1, 0.15) is 17.4 Å². The minimum atomic E-state index is -0.466. The molecule has 1 N–H and O–H groups in total. The lowest BCUT2D eigenvalue weighted by atomic mass is 9.75. The Kier molecular flexibility index (Phi) is 6.28. The molecule has 0 spiro atoms. The summed E-state index contributed by atoms with van der Waals surface area (Å²) in [5, 5.41) is 0. The molecular weight excluding hydrogens is 423 g/mol. The molecule has 0 amide bonds. The molecule has 2 aliphatic rings. The van der Waals surface area contributed by atoms with Crippen molar-refractivity contribution in [2.75, 3.05) is 13.4 Å². The third-order valence-corrected chi connectivity index (χ3v) is 6.58. The maximum Gasteiger partial charge on any atom is 0.231 e. The number of H-pyrrole nitrogens is 1. The number of hydrogen-bond donors (Lipinski definition) is 1. The third-order valence-electron chi connectivity index (χ3n) is 6.58. The van der Waals surface area contributed by atoms with Crippen LogP contribution in [-0.4, -0.2) is 29.2 Å². The highest BCUT2D eigenvalue weighted by Crippen LogP contribution is 2.40. The zero-order valence-corrected chi connectivity index (χ0v) is 18.4. The SMILES string of the molecule is O=C(CCc1ncc[nH]1)c1cc([C@@H]2CCCC[C@H]2COc2ccc3c(c2)OCO3)ccc1F. The van der Waals surface area contributed by atoms with Crippen molar-refractivity contribution < 1.29 is 23.4 Å². The molecule has 3 aromatic rings. The van der Waals surface area contributed by atoms with Gasteiger partial charge in [-0.1, -0.05) is 18.9 Å². The average Bonchev–Trinajstić information content (AvgIpc) is 3.53. The van der Waals surface area contributed by atoms with Gasteiger partial charge in [-0.2, -0.15) is 0 Å². The van der Waals surface area contributed by atoms with Crippen LogP contribution in [0.4, 0.5) is 4.39 Å². The van der Waals surface area contributed by atoms with Crippen LogP contribution >= 0.6 is 0 Å². The fourth-order valence-electron chi connectivity index (χ4n) is 4.80. The first-order valence-electron chi connectivity index (χ1n) is 11.5. The molecule has 5 rings (SSSR count). The average molecular weight is 451 g/mol. The first-order chi connectivity index (χ1) is 16.2. The van der Waals surface area contributed by atoms with Crippen molar-refractivity contribution >= 4 is 5.78 Å². The Balaban J connectivity index is 1.28. The van der Waals surface area contributed by atoms with Crippen LogP contribution in [0.15, 0.2) is 48.8 Å².